The number of nitrogens with one attached hydrogen (secondary N) is 1. The zero-order valence-corrected chi connectivity index (χ0v) is 9.45. The Bertz CT molecular complexity index is 285. The Morgan fingerprint density at radius 3 is 2.00 bits per heavy atom. The van der Waals surface area contributed by atoms with Crippen LogP contribution in [0.5, 0.6) is 0 Å². The molecule has 0 saturated carbocycles. The summed E-state index contributed by atoms with van der Waals surface area (Å²) in [6.45, 7) is 2.79. The fourth-order valence-corrected chi connectivity index (χ4v) is 1.03. The van der Waals surface area contributed by atoms with Crippen molar-refractivity contribution in [2.24, 2.45) is 0 Å². The predicted molar refractivity (Wildman–Crippen MR) is 56.0 cm³/mol. The molecule has 1 amide bonds. The van der Waals surface area contributed by atoms with Gasteiger partial charge in [-0.3, -0.25) is 9.59 Å². The second-order valence-corrected chi connectivity index (χ2v) is 4.08. The lowest BCUT2D eigenvalue weighted by Crippen LogP contribution is -2.49. The maximum absolute atomic E-state index is 11.3. The molecule has 0 aliphatic heterocycles. The number of aliphatic carboxylic acids is 2. The van der Waals surface area contributed by atoms with E-state index in [0.717, 1.165) is 0 Å². The van der Waals surface area contributed by atoms with Gasteiger partial charge >= 0.3 is 11.9 Å². The van der Waals surface area contributed by atoms with Gasteiger partial charge in [0.2, 0.25) is 5.91 Å². The van der Waals surface area contributed by atoms with E-state index in [1.54, 1.807) is 0 Å². The van der Waals surface area contributed by atoms with Gasteiger partial charge in [0.05, 0.1) is 0 Å². The number of carbonyl (C=O) groups is 3. The summed E-state index contributed by atoms with van der Waals surface area (Å²) in [7, 11) is 0. The highest BCUT2D eigenvalue weighted by molar-refractivity contribution is 5.86. The average molecular weight is 231 g/mol. The van der Waals surface area contributed by atoms with Crippen molar-refractivity contribution < 1.29 is 24.6 Å². The SMILES string of the molecule is CC(C)(NC(=O)CCCCC(=O)O)C(=O)O. The van der Waals surface area contributed by atoms with Crippen molar-refractivity contribution in [3.63, 3.8) is 0 Å². The van der Waals surface area contributed by atoms with Gasteiger partial charge in [0.25, 0.3) is 0 Å². The highest BCUT2D eigenvalue weighted by Crippen LogP contribution is 2.05. The highest BCUT2D eigenvalue weighted by Gasteiger charge is 2.28. The summed E-state index contributed by atoms with van der Waals surface area (Å²) < 4.78 is 0. The summed E-state index contributed by atoms with van der Waals surface area (Å²) in [5.41, 5.74) is -1.29. The van der Waals surface area contributed by atoms with Crippen molar-refractivity contribution in [1.29, 1.82) is 0 Å². The zero-order chi connectivity index (χ0) is 12.8. The first kappa shape index (κ1) is 14.4. The van der Waals surface area contributed by atoms with Crippen LogP contribution < -0.4 is 5.32 Å². The van der Waals surface area contributed by atoms with Crippen LogP contribution in [0.1, 0.15) is 39.5 Å². The van der Waals surface area contributed by atoms with Crippen LogP contribution in [0, 0.1) is 0 Å². The fraction of sp³-hybridized carbons (Fsp3) is 0.700. The number of amides is 1. The molecule has 0 heterocycles. The lowest BCUT2D eigenvalue weighted by Gasteiger charge is -2.20. The molecule has 0 fully saturated rings. The van der Waals surface area contributed by atoms with E-state index in [-0.39, 0.29) is 18.7 Å². The normalized spacial score (nSPS) is 10.9. The minimum absolute atomic E-state index is 0.0234. The molecule has 3 N–H and O–H groups in total. The van der Waals surface area contributed by atoms with E-state index in [4.69, 9.17) is 10.2 Å². The van der Waals surface area contributed by atoms with Gasteiger partial charge in [-0.1, -0.05) is 0 Å². The molecule has 16 heavy (non-hydrogen) atoms. The monoisotopic (exact) mass is 231 g/mol. The van der Waals surface area contributed by atoms with Gasteiger partial charge in [0, 0.05) is 12.8 Å². The molecule has 0 bridgehead atoms. The lowest BCUT2D eigenvalue weighted by atomic mass is 10.1. The first-order valence-electron chi connectivity index (χ1n) is 5.02. The summed E-state index contributed by atoms with van der Waals surface area (Å²) in [6.07, 6.45) is 1.02. The highest BCUT2D eigenvalue weighted by atomic mass is 16.4. The molecular formula is C10H17NO5. The van der Waals surface area contributed by atoms with Gasteiger partial charge < -0.3 is 15.5 Å². The second-order valence-electron chi connectivity index (χ2n) is 4.08. The van der Waals surface area contributed by atoms with Crippen molar-refractivity contribution in [2.75, 3.05) is 0 Å². The molecule has 0 aliphatic carbocycles. The average Bonchev–Trinajstić information content (AvgIpc) is 2.11. The van der Waals surface area contributed by atoms with E-state index in [2.05, 4.69) is 5.32 Å². The molecule has 0 aromatic rings. The number of hydrogen-bond acceptors (Lipinski definition) is 3. The zero-order valence-electron chi connectivity index (χ0n) is 9.45. The van der Waals surface area contributed by atoms with E-state index in [9.17, 15) is 14.4 Å². The molecule has 0 rings (SSSR count). The van der Waals surface area contributed by atoms with E-state index < -0.39 is 17.5 Å². The predicted octanol–water partition coefficient (Wildman–Crippen LogP) is 0.611. The Morgan fingerprint density at radius 1 is 1.06 bits per heavy atom. The van der Waals surface area contributed by atoms with Crippen LogP contribution in [-0.2, 0) is 14.4 Å². The molecule has 0 aromatic heterocycles. The van der Waals surface area contributed by atoms with Crippen molar-refractivity contribution in [1.82, 2.24) is 5.32 Å². The summed E-state index contributed by atoms with van der Waals surface area (Å²) in [6, 6.07) is 0. The van der Waals surface area contributed by atoms with Crippen molar-refractivity contribution in [3.8, 4) is 0 Å². The molecule has 92 valence electrons. The Hall–Kier alpha value is -1.59. The number of rotatable bonds is 7. The molecule has 6 nitrogen and oxygen atoms in total. The number of carboxylic acids is 2. The maximum atomic E-state index is 11.3. The second kappa shape index (κ2) is 6.09. The summed E-state index contributed by atoms with van der Waals surface area (Å²) in [5.74, 6) is -2.38. The van der Waals surface area contributed by atoms with Crippen LogP contribution in [0.25, 0.3) is 0 Å². The van der Waals surface area contributed by atoms with Gasteiger partial charge in [-0.05, 0) is 26.7 Å². The molecule has 0 saturated heterocycles. The Morgan fingerprint density at radius 2 is 1.56 bits per heavy atom. The van der Waals surface area contributed by atoms with Crippen molar-refractivity contribution in [2.45, 2.75) is 45.1 Å². The third-order valence-corrected chi connectivity index (χ3v) is 2.03. The fourth-order valence-electron chi connectivity index (χ4n) is 1.03. The minimum atomic E-state index is -1.29. The molecule has 0 aliphatic rings. The van der Waals surface area contributed by atoms with E-state index in [0.29, 0.717) is 12.8 Å². The van der Waals surface area contributed by atoms with Crippen molar-refractivity contribution >= 4 is 17.8 Å². The third kappa shape index (κ3) is 6.00. The molecule has 0 radical (unpaired) electrons. The quantitative estimate of drug-likeness (QED) is 0.557. The van der Waals surface area contributed by atoms with Crippen LogP contribution in [0.2, 0.25) is 0 Å². The molecule has 0 aromatic carbocycles. The van der Waals surface area contributed by atoms with Crippen LogP contribution in [0.4, 0.5) is 0 Å². The molecule has 0 unspecified atom stereocenters. The molecule has 0 spiro atoms. The molecular weight excluding hydrogens is 214 g/mol. The number of unbranched alkanes of at least 4 members (excludes halogenated alkanes) is 1. The van der Waals surface area contributed by atoms with E-state index >= 15 is 0 Å². The Balaban J connectivity index is 3.83. The standard InChI is InChI=1S/C10H17NO5/c1-10(2,9(15)16)11-7(12)5-3-4-6-8(13)14/h3-6H2,1-2H3,(H,11,12)(H,13,14)(H,15,16). The summed E-state index contributed by atoms with van der Waals surface area (Å²) in [5, 5.41) is 19.5. The minimum Gasteiger partial charge on any atom is -0.481 e. The first-order chi connectivity index (χ1) is 7.25. The number of carbonyl (C=O) groups excluding carboxylic acids is 1. The summed E-state index contributed by atoms with van der Waals surface area (Å²) in [4.78, 5) is 32.2. The van der Waals surface area contributed by atoms with Crippen LogP contribution in [0.3, 0.4) is 0 Å². The number of carboxylic acid groups (broad SMARTS) is 2. The van der Waals surface area contributed by atoms with Gasteiger partial charge in [0.1, 0.15) is 5.54 Å². The summed E-state index contributed by atoms with van der Waals surface area (Å²) >= 11 is 0. The Kier molecular flexibility index (Phi) is 5.49. The third-order valence-electron chi connectivity index (χ3n) is 2.03. The van der Waals surface area contributed by atoms with E-state index in [1.165, 1.54) is 13.8 Å². The van der Waals surface area contributed by atoms with Crippen molar-refractivity contribution in [3.05, 3.63) is 0 Å². The van der Waals surface area contributed by atoms with Crippen LogP contribution in [-0.4, -0.2) is 33.6 Å². The van der Waals surface area contributed by atoms with Gasteiger partial charge in [-0.25, -0.2) is 4.79 Å². The largest absolute Gasteiger partial charge is 0.481 e. The van der Waals surface area contributed by atoms with Gasteiger partial charge in [-0.15, -0.1) is 0 Å². The van der Waals surface area contributed by atoms with Gasteiger partial charge in [-0.2, -0.15) is 0 Å². The molecule has 6 heteroatoms. The van der Waals surface area contributed by atoms with E-state index in [1.807, 2.05) is 0 Å². The van der Waals surface area contributed by atoms with Crippen LogP contribution in [0.15, 0.2) is 0 Å². The van der Waals surface area contributed by atoms with Gasteiger partial charge in [0.15, 0.2) is 0 Å². The smallest absolute Gasteiger partial charge is 0.328 e. The topological polar surface area (TPSA) is 104 Å². The maximum Gasteiger partial charge on any atom is 0.328 e. The first-order valence-corrected chi connectivity index (χ1v) is 5.02. The van der Waals surface area contributed by atoms with Crippen LogP contribution >= 0.6 is 0 Å². The molecule has 0 atom stereocenters. The number of hydrogen-bond donors (Lipinski definition) is 3. The Labute approximate surface area is 93.6 Å². The lowest BCUT2D eigenvalue weighted by molar-refractivity contribution is -0.146.